The van der Waals surface area contributed by atoms with Gasteiger partial charge in [0, 0.05) is 9.77 Å². The summed E-state index contributed by atoms with van der Waals surface area (Å²) in [6.07, 6.45) is 7.26. The molecule has 1 aromatic rings. The topological polar surface area (TPSA) is 0 Å². The largest absolute Gasteiger partial charge is 0.249 e. The molecule has 1 aliphatic carbocycles. The molecule has 0 N–H and O–H groups in total. The van der Waals surface area contributed by atoms with E-state index in [1.807, 2.05) is 6.07 Å². The predicted octanol–water partition coefficient (Wildman–Crippen LogP) is 4.40. The zero-order valence-electron chi connectivity index (χ0n) is 10.5. The third-order valence-corrected chi connectivity index (χ3v) is 7.03. The summed E-state index contributed by atoms with van der Waals surface area (Å²) in [6, 6.07) is 6.45. The number of thiol groups is 1. The molecule has 0 spiro atoms. The van der Waals surface area contributed by atoms with Gasteiger partial charge >= 0.3 is 0 Å². The molecule has 0 saturated carbocycles. The summed E-state index contributed by atoms with van der Waals surface area (Å²) < 4.78 is 0.398. The van der Waals surface area contributed by atoms with Crippen LogP contribution in [0.2, 0.25) is 5.02 Å². The average molecular weight is 257 g/mol. The van der Waals surface area contributed by atoms with Crippen LogP contribution in [-0.2, 0) is 11.2 Å². The van der Waals surface area contributed by atoms with Crippen molar-refractivity contribution in [1.82, 2.24) is 0 Å². The summed E-state index contributed by atoms with van der Waals surface area (Å²) in [4.78, 5) is 0. The maximum atomic E-state index is 6.31. The van der Waals surface area contributed by atoms with E-state index < -0.39 is 0 Å². The lowest BCUT2D eigenvalue weighted by Gasteiger charge is -2.41. The molecule has 0 amide bonds. The van der Waals surface area contributed by atoms with Gasteiger partial charge in [0.15, 0.2) is 0 Å². The zero-order chi connectivity index (χ0) is 11.9. The lowest BCUT2D eigenvalue weighted by molar-refractivity contribution is 0.444. The second kappa shape index (κ2) is 4.27. The fraction of sp³-hybridized carbons (Fsp3) is 0.571. The van der Waals surface area contributed by atoms with E-state index in [2.05, 4.69) is 38.5 Å². The molecule has 0 saturated heterocycles. The Morgan fingerprint density at radius 3 is 2.56 bits per heavy atom. The van der Waals surface area contributed by atoms with E-state index in [9.17, 15) is 0 Å². The molecule has 90 valence electrons. The van der Waals surface area contributed by atoms with Crippen LogP contribution in [0.4, 0.5) is 0 Å². The molecule has 1 atom stereocenters. The summed E-state index contributed by atoms with van der Waals surface area (Å²) in [6.45, 7) is 4.72. The number of fused-ring (bicyclic) bond motifs is 1. The Balaban J connectivity index is 2.60. The van der Waals surface area contributed by atoms with Crippen LogP contribution in [0.5, 0.6) is 0 Å². The van der Waals surface area contributed by atoms with Gasteiger partial charge in [-0.2, -0.15) is 0 Å². The fourth-order valence-electron chi connectivity index (χ4n) is 3.25. The van der Waals surface area contributed by atoms with Crippen LogP contribution in [0, 0.1) is 5.92 Å². The van der Waals surface area contributed by atoms with Crippen LogP contribution in [-0.4, -0.2) is 12.5 Å². The third kappa shape index (κ3) is 1.60. The molecule has 0 heterocycles. The van der Waals surface area contributed by atoms with Gasteiger partial charge in [-0.3, -0.25) is 0 Å². The molecule has 1 unspecified atom stereocenters. The molecular formula is C14H21ClS. The van der Waals surface area contributed by atoms with E-state index in [1.165, 1.54) is 17.5 Å². The number of hydrogen-bond donors (Lipinski definition) is 1. The highest BCUT2D eigenvalue weighted by molar-refractivity contribution is 8.16. The monoisotopic (exact) mass is 256 g/mol. The number of benzene rings is 1. The van der Waals surface area contributed by atoms with E-state index in [1.54, 1.807) is 0 Å². The van der Waals surface area contributed by atoms with Gasteiger partial charge in [-0.1, -0.05) is 37.6 Å². The maximum Gasteiger partial charge on any atom is 0.0441 e. The van der Waals surface area contributed by atoms with Gasteiger partial charge in [0.1, 0.15) is 0 Å². The zero-order valence-corrected chi connectivity index (χ0v) is 12.2. The number of rotatable bonds is 2. The lowest BCUT2D eigenvalue weighted by atomic mass is 9.89. The van der Waals surface area contributed by atoms with E-state index in [0.29, 0.717) is 10.7 Å². The normalized spacial score (nSPS) is 24.8. The molecule has 1 aromatic carbocycles. The standard InChI is InChI=1S/C14H21ClS/c1-10(2)14(16(3)4)9-8-11-12(14)6-5-7-13(11)15/h5-7,10,16H,8-9H2,1-4H3. The number of halogens is 1. The van der Waals surface area contributed by atoms with Crippen molar-refractivity contribution in [2.24, 2.45) is 5.92 Å². The van der Waals surface area contributed by atoms with Gasteiger partial charge in [0.2, 0.25) is 0 Å². The molecule has 0 fully saturated rings. The van der Waals surface area contributed by atoms with Crippen molar-refractivity contribution in [2.45, 2.75) is 31.4 Å². The minimum Gasteiger partial charge on any atom is -0.249 e. The summed E-state index contributed by atoms with van der Waals surface area (Å²) in [5.74, 6) is 0.702. The number of hydrogen-bond acceptors (Lipinski definition) is 0. The van der Waals surface area contributed by atoms with Crippen molar-refractivity contribution in [3.63, 3.8) is 0 Å². The molecule has 2 rings (SSSR count). The highest BCUT2D eigenvalue weighted by Gasteiger charge is 2.43. The summed E-state index contributed by atoms with van der Waals surface area (Å²) in [5, 5.41) is 0.969. The first-order chi connectivity index (χ1) is 7.50. The Morgan fingerprint density at radius 1 is 1.31 bits per heavy atom. The van der Waals surface area contributed by atoms with E-state index in [-0.39, 0.29) is 10.9 Å². The molecule has 0 aliphatic heterocycles. The van der Waals surface area contributed by atoms with E-state index >= 15 is 0 Å². The van der Waals surface area contributed by atoms with Crippen molar-refractivity contribution in [2.75, 3.05) is 12.5 Å². The van der Waals surface area contributed by atoms with Crippen LogP contribution in [0.3, 0.4) is 0 Å². The van der Waals surface area contributed by atoms with Crippen LogP contribution < -0.4 is 0 Å². The molecule has 2 heteroatoms. The minimum atomic E-state index is 0.0171. The average Bonchev–Trinajstić information content (AvgIpc) is 2.59. The van der Waals surface area contributed by atoms with Crippen LogP contribution in [0.1, 0.15) is 31.4 Å². The minimum absolute atomic E-state index is 0.0171. The van der Waals surface area contributed by atoms with Gasteiger partial charge < -0.3 is 0 Å². The molecule has 0 bridgehead atoms. The summed E-state index contributed by atoms with van der Waals surface area (Å²) in [7, 11) is 0.0171. The van der Waals surface area contributed by atoms with Crippen molar-refractivity contribution in [1.29, 1.82) is 0 Å². The Bertz CT molecular complexity index is 388. The first kappa shape index (κ1) is 12.3. The SMILES string of the molecule is CC(C)C1([SH](C)C)CCc2c(Cl)cccc21. The maximum absolute atomic E-state index is 6.31. The first-order valence-corrected chi connectivity index (χ1v) is 8.57. The van der Waals surface area contributed by atoms with Gasteiger partial charge in [-0.05, 0) is 48.5 Å². The van der Waals surface area contributed by atoms with Crippen molar-refractivity contribution in [3.8, 4) is 0 Å². The molecule has 16 heavy (non-hydrogen) atoms. The van der Waals surface area contributed by atoms with Crippen molar-refractivity contribution >= 4 is 22.5 Å². The molecule has 1 aliphatic rings. The third-order valence-electron chi connectivity index (χ3n) is 4.09. The quantitative estimate of drug-likeness (QED) is 0.745. The summed E-state index contributed by atoms with van der Waals surface area (Å²) in [5.41, 5.74) is 2.94. The highest BCUT2D eigenvalue weighted by Crippen LogP contribution is 2.57. The van der Waals surface area contributed by atoms with Crippen LogP contribution in [0.25, 0.3) is 0 Å². The van der Waals surface area contributed by atoms with Gasteiger partial charge in [0.25, 0.3) is 0 Å². The van der Waals surface area contributed by atoms with Gasteiger partial charge in [-0.15, -0.1) is 0 Å². The fourth-order valence-corrected chi connectivity index (χ4v) is 5.80. The van der Waals surface area contributed by atoms with E-state index in [0.717, 1.165) is 11.4 Å². The molecular weight excluding hydrogens is 236 g/mol. The lowest BCUT2D eigenvalue weighted by Crippen LogP contribution is -2.29. The van der Waals surface area contributed by atoms with Gasteiger partial charge in [-0.25, -0.2) is 10.9 Å². The van der Waals surface area contributed by atoms with Crippen molar-refractivity contribution < 1.29 is 0 Å². The van der Waals surface area contributed by atoms with Crippen molar-refractivity contribution in [3.05, 3.63) is 34.3 Å². The summed E-state index contributed by atoms with van der Waals surface area (Å²) >= 11 is 6.31. The highest BCUT2D eigenvalue weighted by atomic mass is 35.5. The molecule has 0 nitrogen and oxygen atoms in total. The van der Waals surface area contributed by atoms with Crippen LogP contribution >= 0.6 is 22.5 Å². The molecule has 0 radical (unpaired) electrons. The second-order valence-electron chi connectivity index (χ2n) is 5.24. The van der Waals surface area contributed by atoms with E-state index in [4.69, 9.17) is 11.6 Å². The Kier molecular flexibility index (Phi) is 3.29. The Morgan fingerprint density at radius 2 is 2.00 bits per heavy atom. The van der Waals surface area contributed by atoms with Crippen LogP contribution in [0.15, 0.2) is 18.2 Å². The molecule has 0 aromatic heterocycles. The Labute approximate surface area is 107 Å². The smallest absolute Gasteiger partial charge is 0.0441 e. The first-order valence-electron chi connectivity index (χ1n) is 5.95. The van der Waals surface area contributed by atoms with Gasteiger partial charge in [0.05, 0.1) is 0 Å². The second-order valence-corrected chi connectivity index (χ2v) is 8.23. The Hall–Kier alpha value is -0.140. The predicted molar refractivity (Wildman–Crippen MR) is 77.1 cm³/mol.